The zero-order valence-corrected chi connectivity index (χ0v) is 10.7. The fourth-order valence-electron chi connectivity index (χ4n) is 2.22. The maximum absolute atomic E-state index is 9.34. The number of aliphatic hydroxyl groups is 3. The molecule has 104 valence electrons. The Morgan fingerprint density at radius 3 is 2.47 bits per heavy atom. The van der Waals surface area contributed by atoms with E-state index in [2.05, 4.69) is 5.10 Å². The van der Waals surface area contributed by atoms with E-state index in [1.165, 1.54) is 0 Å². The Hall–Kier alpha value is -1.47. The molecule has 0 saturated carbocycles. The third kappa shape index (κ3) is 3.10. The van der Waals surface area contributed by atoms with Crippen molar-refractivity contribution in [1.82, 2.24) is 14.5 Å². The predicted molar refractivity (Wildman–Crippen MR) is 70.6 cm³/mol. The van der Waals surface area contributed by atoms with Crippen molar-refractivity contribution in [3.05, 3.63) is 35.7 Å². The highest BCUT2D eigenvalue weighted by atomic mass is 16.3. The van der Waals surface area contributed by atoms with Gasteiger partial charge in [0.15, 0.2) is 0 Å². The molecule has 2 heterocycles. The van der Waals surface area contributed by atoms with E-state index < -0.39 is 0 Å². The van der Waals surface area contributed by atoms with Crippen molar-refractivity contribution >= 4 is 5.52 Å². The minimum Gasteiger partial charge on any atom is -0.395 e. The van der Waals surface area contributed by atoms with Crippen LogP contribution in [0.5, 0.6) is 0 Å². The lowest BCUT2D eigenvalue weighted by Gasteiger charge is -2.20. The molecule has 0 fully saturated rings. The van der Waals surface area contributed by atoms with Crippen LogP contribution in [0.4, 0.5) is 0 Å². The van der Waals surface area contributed by atoms with Crippen LogP contribution in [0, 0.1) is 0 Å². The number of fused-ring (bicyclic) bond motifs is 1. The van der Waals surface area contributed by atoms with Crippen LogP contribution in [-0.2, 0) is 13.2 Å². The standard InChI is InChI=1S/C13H19N3O3/c17-6-4-15(5-7-18)9-11-2-1-3-16-13(11)12(10-19)8-14-16/h1-3,8,17-19H,4-7,9-10H2. The molecule has 0 aliphatic carbocycles. The Kier molecular flexibility index (Phi) is 4.86. The first-order chi connectivity index (χ1) is 9.30. The van der Waals surface area contributed by atoms with Crippen LogP contribution in [0.15, 0.2) is 24.5 Å². The van der Waals surface area contributed by atoms with E-state index in [0.717, 1.165) is 16.6 Å². The first-order valence-corrected chi connectivity index (χ1v) is 6.29. The van der Waals surface area contributed by atoms with Crippen LogP contribution in [0.3, 0.4) is 0 Å². The van der Waals surface area contributed by atoms with Gasteiger partial charge in [0.1, 0.15) is 0 Å². The largest absolute Gasteiger partial charge is 0.395 e. The van der Waals surface area contributed by atoms with Gasteiger partial charge >= 0.3 is 0 Å². The Morgan fingerprint density at radius 2 is 1.84 bits per heavy atom. The molecule has 0 atom stereocenters. The summed E-state index contributed by atoms with van der Waals surface area (Å²) in [6.45, 7) is 1.66. The van der Waals surface area contributed by atoms with E-state index in [0.29, 0.717) is 19.6 Å². The highest BCUT2D eigenvalue weighted by molar-refractivity contribution is 5.60. The van der Waals surface area contributed by atoms with Crippen LogP contribution in [-0.4, -0.2) is 56.1 Å². The molecule has 6 heteroatoms. The van der Waals surface area contributed by atoms with Gasteiger partial charge in [-0.05, 0) is 11.6 Å². The SMILES string of the molecule is OCCN(CCO)Cc1cccn2ncc(CO)c12. The normalized spacial score (nSPS) is 11.6. The number of hydrogen-bond acceptors (Lipinski definition) is 5. The minimum absolute atomic E-state index is 0.0508. The van der Waals surface area contributed by atoms with Gasteiger partial charge in [-0.2, -0.15) is 5.10 Å². The second kappa shape index (κ2) is 6.63. The highest BCUT2D eigenvalue weighted by Gasteiger charge is 2.11. The molecule has 0 aliphatic heterocycles. The van der Waals surface area contributed by atoms with Crippen LogP contribution < -0.4 is 0 Å². The molecule has 0 spiro atoms. The van der Waals surface area contributed by atoms with Gasteiger partial charge in [-0.15, -0.1) is 0 Å². The summed E-state index contributed by atoms with van der Waals surface area (Å²) in [5, 5.41) is 31.6. The number of aromatic nitrogens is 2. The Balaban J connectivity index is 2.30. The summed E-state index contributed by atoms with van der Waals surface area (Å²) in [5.41, 5.74) is 2.69. The molecule has 6 nitrogen and oxygen atoms in total. The van der Waals surface area contributed by atoms with Crippen molar-refractivity contribution in [3.8, 4) is 0 Å². The van der Waals surface area contributed by atoms with E-state index in [-0.39, 0.29) is 19.8 Å². The molecule has 0 aromatic carbocycles. The molecular weight excluding hydrogens is 246 g/mol. The number of hydrogen-bond donors (Lipinski definition) is 3. The van der Waals surface area contributed by atoms with E-state index in [1.54, 1.807) is 10.7 Å². The van der Waals surface area contributed by atoms with Gasteiger partial charge in [0.2, 0.25) is 0 Å². The summed E-state index contributed by atoms with van der Waals surface area (Å²) < 4.78 is 1.73. The summed E-state index contributed by atoms with van der Waals surface area (Å²) in [6, 6.07) is 3.87. The monoisotopic (exact) mass is 265 g/mol. The second-order valence-corrected chi connectivity index (χ2v) is 4.38. The molecule has 2 aromatic rings. The van der Waals surface area contributed by atoms with Crippen LogP contribution in [0.2, 0.25) is 0 Å². The molecular formula is C13H19N3O3. The first kappa shape index (κ1) is 14.0. The Labute approximate surface area is 111 Å². The van der Waals surface area contributed by atoms with Gasteiger partial charge in [-0.1, -0.05) is 6.07 Å². The third-order valence-corrected chi connectivity index (χ3v) is 3.10. The van der Waals surface area contributed by atoms with Crippen molar-refractivity contribution in [2.24, 2.45) is 0 Å². The number of pyridine rings is 1. The Morgan fingerprint density at radius 1 is 1.11 bits per heavy atom. The summed E-state index contributed by atoms with van der Waals surface area (Å²) in [7, 11) is 0. The lowest BCUT2D eigenvalue weighted by atomic mass is 10.1. The zero-order valence-electron chi connectivity index (χ0n) is 10.7. The minimum atomic E-state index is -0.0550. The van der Waals surface area contributed by atoms with Crippen molar-refractivity contribution in [2.45, 2.75) is 13.2 Å². The molecule has 0 saturated heterocycles. The molecule has 19 heavy (non-hydrogen) atoms. The van der Waals surface area contributed by atoms with Gasteiger partial charge in [-0.3, -0.25) is 4.90 Å². The number of nitrogens with zero attached hydrogens (tertiary/aromatic N) is 3. The Bertz CT molecular complexity index is 521. The highest BCUT2D eigenvalue weighted by Crippen LogP contribution is 2.17. The molecule has 0 unspecified atom stereocenters. The van der Waals surface area contributed by atoms with Crippen molar-refractivity contribution < 1.29 is 15.3 Å². The third-order valence-electron chi connectivity index (χ3n) is 3.10. The van der Waals surface area contributed by atoms with Gasteiger partial charge in [0, 0.05) is 31.4 Å². The smallest absolute Gasteiger partial charge is 0.0761 e. The fourth-order valence-corrected chi connectivity index (χ4v) is 2.22. The maximum Gasteiger partial charge on any atom is 0.0761 e. The second-order valence-electron chi connectivity index (χ2n) is 4.38. The topological polar surface area (TPSA) is 81.2 Å². The zero-order chi connectivity index (χ0) is 13.7. The lowest BCUT2D eigenvalue weighted by molar-refractivity contribution is 0.156. The van der Waals surface area contributed by atoms with Gasteiger partial charge in [0.25, 0.3) is 0 Å². The summed E-state index contributed by atoms with van der Waals surface area (Å²) in [5.74, 6) is 0. The summed E-state index contributed by atoms with van der Waals surface area (Å²) in [4.78, 5) is 1.96. The fraction of sp³-hybridized carbons (Fsp3) is 0.462. The molecule has 0 radical (unpaired) electrons. The number of aliphatic hydroxyl groups excluding tert-OH is 3. The van der Waals surface area contributed by atoms with Gasteiger partial charge in [0.05, 0.1) is 31.5 Å². The van der Waals surface area contributed by atoms with E-state index >= 15 is 0 Å². The quantitative estimate of drug-likeness (QED) is 0.635. The predicted octanol–water partition coefficient (Wildman–Crippen LogP) is -0.387. The van der Waals surface area contributed by atoms with Crippen LogP contribution in [0.25, 0.3) is 5.52 Å². The first-order valence-electron chi connectivity index (χ1n) is 6.29. The lowest BCUT2D eigenvalue weighted by Crippen LogP contribution is -2.29. The molecule has 0 aliphatic rings. The summed E-state index contributed by atoms with van der Waals surface area (Å²) in [6.07, 6.45) is 3.49. The average molecular weight is 265 g/mol. The summed E-state index contributed by atoms with van der Waals surface area (Å²) >= 11 is 0. The molecule has 0 bridgehead atoms. The van der Waals surface area contributed by atoms with Crippen LogP contribution >= 0.6 is 0 Å². The number of rotatable bonds is 7. The molecule has 2 aromatic heterocycles. The molecule has 3 N–H and O–H groups in total. The molecule has 2 rings (SSSR count). The average Bonchev–Trinajstić information content (AvgIpc) is 2.83. The molecule has 0 amide bonds. The van der Waals surface area contributed by atoms with Crippen LogP contribution in [0.1, 0.15) is 11.1 Å². The van der Waals surface area contributed by atoms with E-state index in [1.807, 2.05) is 23.2 Å². The van der Waals surface area contributed by atoms with Crippen molar-refractivity contribution in [1.29, 1.82) is 0 Å². The van der Waals surface area contributed by atoms with Gasteiger partial charge in [-0.25, -0.2) is 4.52 Å². The van der Waals surface area contributed by atoms with Crippen molar-refractivity contribution in [3.63, 3.8) is 0 Å². The van der Waals surface area contributed by atoms with Crippen molar-refractivity contribution in [2.75, 3.05) is 26.3 Å². The maximum atomic E-state index is 9.34. The van der Waals surface area contributed by atoms with Gasteiger partial charge < -0.3 is 15.3 Å². The van der Waals surface area contributed by atoms with E-state index in [9.17, 15) is 5.11 Å². The van der Waals surface area contributed by atoms with E-state index in [4.69, 9.17) is 10.2 Å².